The van der Waals surface area contributed by atoms with E-state index in [2.05, 4.69) is 9.73 Å². The summed E-state index contributed by atoms with van der Waals surface area (Å²) in [5.74, 6) is -0.596. The van der Waals surface area contributed by atoms with E-state index in [9.17, 15) is 12.8 Å². The summed E-state index contributed by atoms with van der Waals surface area (Å²) in [5.41, 5.74) is 5.91. The number of piperazine rings is 1. The third-order valence-corrected chi connectivity index (χ3v) is 4.75. The van der Waals surface area contributed by atoms with Crippen molar-refractivity contribution >= 4 is 10.0 Å². The number of nitrogens with two attached hydrogens (primary N) is 1. The van der Waals surface area contributed by atoms with Gasteiger partial charge in [0.15, 0.2) is 0 Å². The fourth-order valence-corrected chi connectivity index (χ4v) is 3.45. The van der Waals surface area contributed by atoms with Gasteiger partial charge in [0.2, 0.25) is 0 Å². The molecule has 0 spiro atoms. The minimum atomic E-state index is -3.81. The summed E-state index contributed by atoms with van der Waals surface area (Å²) in [4.78, 5) is 4.50. The molecule has 0 bridgehead atoms. The number of rotatable bonds is 4. The Balaban J connectivity index is 2.20. The van der Waals surface area contributed by atoms with Crippen molar-refractivity contribution in [2.45, 2.75) is 11.4 Å². The molecule has 8 heteroatoms. The highest BCUT2D eigenvalue weighted by Gasteiger charge is 2.23. The molecule has 1 aliphatic rings. The van der Waals surface area contributed by atoms with Gasteiger partial charge in [0.1, 0.15) is 5.82 Å². The lowest BCUT2D eigenvalue weighted by atomic mass is 10.2. The van der Waals surface area contributed by atoms with Crippen LogP contribution in [0.4, 0.5) is 4.39 Å². The average Bonchev–Trinajstić information content (AvgIpc) is 2.41. The molecule has 0 radical (unpaired) electrons. The second-order valence-electron chi connectivity index (χ2n) is 4.84. The molecule has 112 valence electrons. The predicted molar refractivity (Wildman–Crippen MR) is 73.7 cm³/mol. The largest absolute Gasteiger partial charge is 0.326 e. The SMILES string of the molecule is CN1CCN(NS(=O)(=O)c2cc(F)ccc2CN)CC1. The fraction of sp³-hybridized carbons (Fsp3) is 0.500. The second-order valence-corrected chi connectivity index (χ2v) is 6.47. The van der Waals surface area contributed by atoms with E-state index < -0.39 is 15.8 Å². The maximum Gasteiger partial charge on any atom is 0.253 e. The Morgan fingerprint density at radius 3 is 2.55 bits per heavy atom. The molecule has 1 aromatic carbocycles. The van der Waals surface area contributed by atoms with Crippen molar-refractivity contribution < 1.29 is 12.8 Å². The van der Waals surface area contributed by atoms with Gasteiger partial charge in [-0.1, -0.05) is 6.07 Å². The van der Waals surface area contributed by atoms with Crippen molar-refractivity contribution in [3.05, 3.63) is 29.6 Å². The average molecular weight is 302 g/mol. The third-order valence-electron chi connectivity index (χ3n) is 3.29. The molecule has 1 saturated heterocycles. The van der Waals surface area contributed by atoms with Gasteiger partial charge in [-0.25, -0.2) is 17.8 Å². The van der Waals surface area contributed by atoms with Gasteiger partial charge in [-0.2, -0.15) is 0 Å². The maximum absolute atomic E-state index is 13.3. The van der Waals surface area contributed by atoms with Crippen LogP contribution in [0.5, 0.6) is 0 Å². The molecular formula is C12H19FN4O2S. The van der Waals surface area contributed by atoms with E-state index in [0.29, 0.717) is 18.7 Å². The highest BCUT2D eigenvalue weighted by atomic mass is 32.2. The van der Waals surface area contributed by atoms with Crippen molar-refractivity contribution in [2.24, 2.45) is 5.73 Å². The minimum absolute atomic E-state index is 0.0409. The fourth-order valence-electron chi connectivity index (χ4n) is 2.06. The zero-order chi connectivity index (χ0) is 14.8. The van der Waals surface area contributed by atoms with Gasteiger partial charge in [-0.15, -0.1) is 4.83 Å². The second kappa shape index (κ2) is 6.15. The van der Waals surface area contributed by atoms with Gasteiger partial charge in [0.05, 0.1) is 4.90 Å². The minimum Gasteiger partial charge on any atom is -0.326 e. The Bertz CT molecular complexity index is 571. The maximum atomic E-state index is 13.3. The quantitative estimate of drug-likeness (QED) is 0.800. The van der Waals surface area contributed by atoms with Crippen LogP contribution in [-0.4, -0.2) is 51.6 Å². The first kappa shape index (κ1) is 15.3. The molecule has 2 rings (SSSR count). The summed E-state index contributed by atoms with van der Waals surface area (Å²) in [6.45, 7) is 2.76. The number of nitrogens with zero attached hydrogens (tertiary/aromatic N) is 2. The molecule has 0 aliphatic carbocycles. The van der Waals surface area contributed by atoms with Crippen LogP contribution in [-0.2, 0) is 16.6 Å². The zero-order valence-electron chi connectivity index (χ0n) is 11.3. The first-order valence-electron chi connectivity index (χ1n) is 6.37. The van der Waals surface area contributed by atoms with Crippen molar-refractivity contribution in [3.63, 3.8) is 0 Å². The Morgan fingerprint density at radius 1 is 1.30 bits per heavy atom. The summed E-state index contributed by atoms with van der Waals surface area (Å²) in [5, 5.41) is 1.63. The van der Waals surface area contributed by atoms with Gasteiger partial charge in [0, 0.05) is 32.7 Å². The number of halogens is 1. The zero-order valence-corrected chi connectivity index (χ0v) is 12.2. The summed E-state index contributed by atoms with van der Waals surface area (Å²) in [7, 11) is -1.83. The van der Waals surface area contributed by atoms with Crippen molar-refractivity contribution in [2.75, 3.05) is 33.2 Å². The van der Waals surface area contributed by atoms with E-state index in [-0.39, 0.29) is 11.4 Å². The number of sulfonamides is 1. The third kappa shape index (κ3) is 3.53. The van der Waals surface area contributed by atoms with Crippen LogP contribution in [0.2, 0.25) is 0 Å². The molecule has 3 N–H and O–H groups in total. The lowest BCUT2D eigenvalue weighted by Gasteiger charge is -2.32. The Hall–Kier alpha value is -1.06. The molecule has 6 nitrogen and oxygen atoms in total. The number of hydrogen-bond donors (Lipinski definition) is 2. The molecule has 0 saturated carbocycles. The molecule has 0 amide bonds. The summed E-state index contributed by atoms with van der Waals surface area (Å²) in [6, 6.07) is 3.60. The number of likely N-dealkylation sites (N-methyl/N-ethyl adjacent to an activating group) is 1. The first-order valence-corrected chi connectivity index (χ1v) is 7.85. The number of hydrogen-bond acceptors (Lipinski definition) is 5. The lowest BCUT2D eigenvalue weighted by Crippen LogP contribution is -2.52. The van der Waals surface area contributed by atoms with E-state index >= 15 is 0 Å². The number of benzene rings is 1. The summed E-state index contributed by atoms with van der Waals surface area (Å²) >= 11 is 0. The van der Waals surface area contributed by atoms with Gasteiger partial charge < -0.3 is 10.6 Å². The Morgan fingerprint density at radius 2 is 1.95 bits per heavy atom. The normalized spacial score (nSPS) is 18.4. The summed E-state index contributed by atoms with van der Waals surface area (Å²) in [6.07, 6.45) is 0. The van der Waals surface area contributed by atoms with Crippen LogP contribution < -0.4 is 10.6 Å². The van der Waals surface area contributed by atoms with E-state index in [1.54, 1.807) is 5.01 Å². The van der Waals surface area contributed by atoms with Crippen LogP contribution in [0.25, 0.3) is 0 Å². The van der Waals surface area contributed by atoms with Crippen molar-refractivity contribution in [1.82, 2.24) is 14.7 Å². The molecule has 0 atom stereocenters. The van der Waals surface area contributed by atoms with Crippen molar-refractivity contribution in [1.29, 1.82) is 0 Å². The molecule has 20 heavy (non-hydrogen) atoms. The highest BCUT2D eigenvalue weighted by molar-refractivity contribution is 7.89. The smallest absolute Gasteiger partial charge is 0.253 e. The van der Waals surface area contributed by atoms with Gasteiger partial charge in [0.25, 0.3) is 10.0 Å². The van der Waals surface area contributed by atoms with E-state index in [1.165, 1.54) is 12.1 Å². The monoisotopic (exact) mass is 302 g/mol. The van der Waals surface area contributed by atoms with E-state index in [1.807, 2.05) is 7.05 Å². The van der Waals surface area contributed by atoms with Crippen LogP contribution in [0.15, 0.2) is 23.1 Å². The van der Waals surface area contributed by atoms with Crippen LogP contribution in [0.1, 0.15) is 5.56 Å². The Labute approximate surface area is 118 Å². The number of nitrogens with one attached hydrogen (secondary N) is 1. The molecule has 0 unspecified atom stereocenters. The van der Waals surface area contributed by atoms with Gasteiger partial charge in [-0.3, -0.25) is 0 Å². The van der Waals surface area contributed by atoms with Crippen LogP contribution in [0.3, 0.4) is 0 Å². The van der Waals surface area contributed by atoms with Gasteiger partial charge >= 0.3 is 0 Å². The highest BCUT2D eigenvalue weighted by Crippen LogP contribution is 2.17. The lowest BCUT2D eigenvalue weighted by molar-refractivity contribution is 0.135. The van der Waals surface area contributed by atoms with Gasteiger partial charge in [-0.05, 0) is 24.7 Å². The standard InChI is InChI=1S/C12H19FN4O2S/c1-16-4-6-17(7-5-16)15-20(18,19)12-8-11(13)3-2-10(12)9-14/h2-3,8,15H,4-7,9,14H2,1H3. The topological polar surface area (TPSA) is 78.7 Å². The van der Waals surface area contributed by atoms with Crippen LogP contribution >= 0.6 is 0 Å². The van der Waals surface area contributed by atoms with E-state index in [4.69, 9.17) is 5.73 Å². The Kier molecular flexibility index (Phi) is 4.71. The molecule has 1 fully saturated rings. The summed E-state index contributed by atoms with van der Waals surface area (Å²) < 4.78 is 37.9. The molecule has 1 aromatic rings. The molecule has 1 aliphatic heterocycles. The first-order chi connectivity index (χ1) is 9.42. The molecule has 1 heterocycles. The molecule has 0 aromatic heterocycles. The van der Waals surface area contributed by atoms with Crippen molar-refractivity contribution in [3.8, 4) is 0 Å². The molecular weight excluding hydrogens is 283 g/mol. The predicted octanol–water partition coefficient (Wildman–Crippen LogP) is -0.275. The van der Waals surface area contributed by atoms with E-state index in [0.717, 1.165) is 19.2 Å². The number of hydrazine groups is 1. The van der Waals surface area contributed by atoms with Crippen LogP contribution in [0, 0.1) is 5.82 Å².